The Morgan fingerprint density at radius 3 is 2.00 bits per heavy atom. The van der Waals surface area contributed by atoms with Gasteiger partial charge in [0.15, 0.2) is 0 Å². The Kier molecular flexibility index (Phi) is 3.94. The highest BCUT2D eigenvalue weighted by molar-refractivity contribution is 5.22. The molecular weight excluding hydrogens is 206 g/mol. The summed E-state index contributed by atoms with van der Waals surface area (Å²) in [6.45, 7) is 2.20. The second kappa shape index (κ2) is 5.65. The average molecular weight is 225 g/mol. The van der Waals surface area contributed by atoms with E-state index in [9.17, 15) is 0 Å². The number of rotatable bonds is 4. The summed E-state index contributed by atoms with van der Waals surface area (Å²) in [7, 11) is 0. The highest BCUT2D eigenvalue weighted by atomic mass is 14.6. The van der Waals surface area contributed by atoms with Crippen LogP contribution in [0.3, 0.4) is 0 Å². The first-order valence-electron chi connectivity index (χ1n) is 6.12. The minimum atomic E-state index is 0.166. The summed E-state index contributed by atoms with van der Waals surface area (Å²) < 4.78 is 0. The van der Waals surface area contributed by atoms with Gasteiger partial charge < -0.3 is 5.73 Å². The van der Waals surface area contributed by atoms with E-state index in [2.05, 4.69) is 55.5 Å². The molecule has 0 fully saturated rings. The summed E-state index contributed by atoms with van der Waals surface area (Å²) >= 11 is 0. The lowest BCUT2D eigenvalue weighted by atomic mass is 9.90. The van der Waals surface area contributed by atoms with Crippen LogP contribution in [0.15, 0.2) is 60.7 Å². The molecule has 0 bridgehead atoms. The lowest BCUT2D eigenvalue weighted by molar-refractivity contribution is 0.564. The van der Waals surface area contributed by atoms with Crippen LogP contribution in [0.5, 0.6) is 0 Å². The number of hydrogen-bond acceptors (Lipinski definition) is 1. The van der Waals surface area contributed by atoms with Gasteiger partial charge in [0, 0.05) is 6.04 Å². The van der Waals surface area contributed by atoms with Crippen LogP contribution < -0.4 is 5.73 Å². The SMILES string of the molecule is CC(c1ccccc1)C(N)Cc1ccccc1. The summed E-state index contributed by atoms with van der Waals surface area (Å²) in [5, 5.41) is 0. The quantitative estimate of drug-likeness (QED) is 0.848. The van der Waals surface area contributed by atoms with Gasteiger partial charge in [0.1, 0.15) is 0 Å². The third kappa shape index (κ3) is 3.18. The first-order chi connectivity index (χ1) is 8.27. The summed E-state index contributed by atoms with van der Waals surface area (Å²) in [6, 6.07) is 21.1. The fourth-order valence-corrected chi connectivity index (χ4v) is 2.07. The molecule has 0 aliphatic heterocycles. The molecule has 2 N–H and O–H groups in total. The van der Waals surface area contributed by atoms with E-state index >= 15 is 0 Å². The zero-order valence-electron chi connectivity index (χ0n) is 10.2. The second-order valence-corrected chi connectivity index (χ2v) is 4.55. The van der Waals surface area contributed by atoms with Crippen molar-refractivity contribution < 1.29 is 0 Å². The van der Waals surface area contributed by atoms with E-state index in [0.717, 1.165) is 6.42 Å². The molecule has 0 saturated heterocycles. The molecule has 0 heterocycles. The molecule has 0 spiro atoms. The topological polar surface area (TPSA) is 26.0 Å². The Hall–Kier alpha value is -1.60. The second-order valence-electron chi connectivity index (χ2n) is 4.55. The molecule has 1 heteroatoms. The third-order valence-corrected chi connectivity index (χ3v) is 3.28. The first kappa shape index (κ1) is 11.9. The van der Waals surface area contributed by atoms with Crippen molar-refractivity contribution in [3.63, 3.8) is 0 Å². The Labute approximate surface area is 103 Å². The average Bonchev–Trinajstić information content (AvgIpc) is 2.40. The van der Waals surface area contributed by atoms with Crippen LogP contribution in [0.4, 0.5) is 0 Å². The Morgan fingerprint density at radius 1 is 0.882 bits per heavy atom. The monoisotopic (exact) mass is 225 g/mol. The normalized spacial score (nSPS) is 14.2. The number of hydrogen-bond donors (Lipinski definition) is 1. The van der Waals surface area contributed by atoms with Gasteiger partial charge >= 0.3 is 0 Å². The maximum atomic E-state index is 6.28. The van der Waals surface area contributed by atoms with E-state index in [1.807, 2.05) is 12.1 Å². The molecular formula is C16H19N. The lowest BCUT2D eigenvalue weighted by Gasteiger charge is -2.20. The molecule has 2 aromatic carbocycles. The molecule has 2 rings (SSSR count). The van der Waals surface area contributed by atoms with Crippen molar-refractivity contribution in [3.8, 4) is 0 Å². The molecule has 17 heavy (non-hydrogen) atoms. The summed E-state index contributed by atoms with van der Waals surface area (Å²) in [5.74, 6) is 0.386. The summed E-state index contributed by atoms with van der Waals surface area (Å²) in [6.07, 6.45) is 0.927. The van der Waals surface area contributed by atoms with Gasteiger partial charge in [0.25, 0.3) is 0 Å². The summed E-state index contributed by atoms with van der Waals surface area (Å²) in [4.78, 5) is 0. The molecule has 0 aliphatic rings. The van der Waals surface area contributed by atoms with Crippen molar-refractivity contribution in [3.05, 3.63) is 71.8 Å². The molecule has 0 radical (unpaired) electrons. The molecule has 1 nitrogen and oxygen atoms in total. The molecule has 0 amide bonds. The van der Waals surface area contributed by atoms with Gasteiger partial charge in [-0.3, -0.25) is 0 Å². The van der Waals surface area contributed by atoms with E-state index in [4.69, 9.17) is 5.73 Å². The van der Waals surface area contributed by atoms with Gasteiger partial charge in [-0.25, -0.2) is 0 Å². The van der Waals surface area contributed by atoms with Crippen LogP contribution in [0.2, 0.25) is 0 Å². The third-order valence-electron chi connectivity index (χ3n) is 3.28. The van der Waals surface area contributed by atoms with Crippen LogP contribution in [0.25, 0.3) is 0 Å². The zero-order valence-corrected chi connectivity index (χ0v) is 10.2. The van der Waals surface area contributed by atoms with E-state index < -0.39 is 0 Å². The number of nitrogens with two attached hydrogens (primary N) is 1. The Morgan fingerprint density at radius 2 is 1.41 bits per heavy atom. The smallest absolute Gasteiger partial charge is 0.0146 e. The minimum absolute atomic E-state index is 0.166. The van der Waals surface area contributed by atoms with Gasteiger partial charge in [-0.1, -0.05) is 67.6 Å². The minimum Gasteiger partial charge on any atom is -0.327 e. The van der Waals surface area contributed by atoms with Gasteiger partial charge in [-0.2, -0.15) is 0 Å². The Bertz CT molecular complexity index is 436. The molecule has 88 valence electrons. The standard InChI is InChI=1S/C16H19N/c1-13(15-10-6-3-7-11-15)16(17)12-14-8-4-2-5-9-14/h2-11,13,16H,12,17H2,1H3. The Balaban J connectivity index is 2.03. The van der Waals surface area contributed by atoms with Crippen molar-refractivity contribution in [2.45, 2.75) is 25.3 Å². The van der Waals surface area contributed by atoms with Crippen molar-refractivity contribution in [1.82, 2.24) is 0 Å². The van der Waals surface area contributed by atoms with Crippen LogP contribution in [-0.2, 0) is 6.42 Å². The fraction of sp³-hybridized carbons (Fsp3) is 0.250. The predicted octanol–water partition coefficient (Wildman–Crippen LogP) is 3.36. The van der Waals surface area contributed by atoms with Crippen LogP contribution in [0, 0.1) is 0 Å². The largest absolute Gasteiger partial charge is 0.327 e. The molecule has 2 unspecified atom stereocenters. The van der Waals surface area contributed by atoms with Crippen molar-refractivity contribution >= 4 is 0 Å². The van der Waals surface area contributed by atoms with E-state index in [-0.39, 0.29) is 6.04 Å². The van der Waals surface area contributed by atoms with Gasteiger partial charge in [-0.15, -0.1) is 0 Å². The maximum absolute atomic E-state index is 6.28. The van der Waals surface area contributed by atoms with Crippen molar-refractivity contribution in [1.29, 1.82) is 0 Å². The molecule has 0 aliphatic carbocycles. The molecule has 0 aromatic heterocycles. The lowest BCUT2D eigenvalue weighted by Crippen LogP contribution is -2.29. The van der Waals surface area contributed by atoms with Crippen LogP contribution in [-0.4, -0.2) is 6.04 Å². The fourth-order valence-electron chi connectivity index (χ4n) is 2.07. The van der Waals surface area contributed by atoms with Gasteiger partial charge in [0.05, 0.1) is 0 Å². The molecule has 2 atom stereocenters. The van der Waals surface area contributed by atoms with E-state index in [0.29, 0.717) is 5.92 Å². The molecule has 2 aromatic rings. The zero-order chi connectivity index (χ0) is 12.1. The van der Waals surface area contributed by atoms with Crippen LogP contribution >= 0.6 is 0 Å². The predicted molar refractivity (Wildman–Crippen MR) is 73.0 cm³/mol. The number of benzene rings is 2. The maximum Gasteiger partial charge on any atom is 0.0146 e. The van der Waals surface area contributed by atoms with Gasteiger partial charge in [-0.05, 0) is 23.5 Å². The van der Waals surface area contributed by atoms with Gasteiger partial charge in [0.2, 0.25) is 0 Å². The van der Waals surface area contributed by atoms with Crippen molar-refractivity contribution in [2.75, 3.05) is 0 Å². The van der Waals surface area contributed by atoms with E-state index in [1.165, 1.54) is 11.1 Å². The first-order valence-corrected chi connectivity index (χ1v) is 6.12. The molecule has 0 saturated carbocycles. The van der Waals surface area contributed by atoms with Crippen molar-refractivity contribution in [2.24, 2.45) is 5.73 Å². The highest BCUT2D eigenvalue weighted by Crippen LogP contribution is 2.20. The summed E-state index contributed by atoms with van der Waals surface area (Å²) in [5.41, 5.74) is 8.91. The highest BCUT2D eigenvalue weighted by Gasteiger charge is 2.14. The van der Waals surface area contributed by atoms with E-state index in [1.54, 1.807) is 0 Å². The van der Waals surface area contributed by atoms with Crippen LogP contribution in [0.1, 0.15) is 24.0 Å².